The molecular formula is C17H17N3. The van der Waals surface area contributed by atoms with Crippen molar-refractivity contribution in [2.24, 2.45) is 0 Å². The number of fused-ring (bicyclic) bond motifs is 2. The Morgan fingerprint density at radius 2 is 1.90 bits per heavy atom. The molecule has 0 spiro atoms. The summed E-state index contributed by atoms with van der Waals surface area (Å²) in [5.41, 5.74) is 13.4. The molecule has 3 heteroatoms. The van der Waals surface area contributed by atoms with E-state index in [1.807, 2.05) is 6.07 Å². The summed E-state index contributed by atoms with van der Waals surface area (Å²) in [7, 11) is 0. The number of aryl methyl sites for hydroxylation is 3. The van der Waals surface area contributed by atoms with Gasteiger partial charge in [0.05, 0.1) is 11.0 Å². The molecule has 0 bridgehead atoms. The van der Waals surface area contributed by atoms with Gasteiger partial charge in [-0.05, 0) is 67.1 Å². The fraction of sp³-hybridized carbons (Fsp3) is 0.235. The lowest BCUT2D eigenvalue weighted by atomic mass is 10.1. The van der Waals surface area contributed by atoms with Crippen LogP contribution in [0.5, 0.6) is 0 Å². The molecule has 3 nitrogen and oxygen atoms in total. The summed E-state index contributed by atoms with van der Waals surface area (Å²) in [5, 5.41) is 0. The average Bonchev–Trinajstić information content (AvgIpc) is 3.00. The highest BCUT2D eigenvalue weighted by Gasteiger charge is 2.14. The van der Waals surface area contributed by atoms with Crippen LogP contribution in [-0.2, 0) is 12.8 Å². The molecule has 2 N–H and O–H groups in total. The Hall–Kier alpha value is -2.29. The number of benzene rings is 2. The highest BCUT2D eigenvalue weighted by molar-refractivity contribution is 5.81. The summed E-state index contributed by atoms with van der Waals surface area (Å²) in [5.74, 6) is 0.559. The maximum atomic E-state index is 6.13. The number of hydrogen-bond donors (Lipinski definition) is 1. The lowest BCUT2D eigenvalue weighted by Gasteiger charge is -2.09. The summed E-state index contributed by atoms with van der Waals surface area (Å²) in [6.07, 6.45) is 3.64. The standard InChI is InChI=1S/C17H17N3/c1-11-5-8-15-16(9-11)20(17(18)19-15)14-7-6-12-3-2-4-13(12)10-14/h5-10H,2-4H2,1H3,(H2,18,19). The van der Waals surface area contributed by atoms with E-state index in [1.165, 1.54) is 36.0 Å². The second-order valence-corrected chi connectivity index (χ2v) is 5.60. The van der Waals surface area contributed by atoms with Crippen molar-refractivity contribution >= 4 is 17.0 Å². The van der Waals surface area contributed by atoms with Crippen molar-refractivity contribution in [2.45, 2.75) is 26.2 Å². The lowest BCUT2D eigenvalue weighted by Crippen LogP contribution is -2.01. The third-order valence-corrected chi connectivity index (χ3v) is 4.18. The van der Waals surface area contributed by atoms with Crippen molar-refractivity contribution in [3.8, 4) is 5.69 Å². The Balaban J connectivity index is 1.97. The normalized spacial score (nSPS) is 13.8. The molecular weight excluding hydrogens is 246 g/mol. The van der Waals surface area contributed by atoms with Gasteiger partial charge in [-0.1, -0.05) is 12.1 Å². The Bertz CT molecular complexity index is 814. The molecule has 0 atom stereocenters. The van der Waals surface area contributed by atoms with Gasteiger partial charge in [-0.2, -0.15) is 0 Å². The average molecular weight is 263 g/mol. The number of aromatic nitrogens is 2. The Morgan fingerprint density at radius 3 is 2.80 bits per heavy atom. The van der Waals surface area contributed by atoms with Crippen molar-refractivity contribution in [3.63, 3.8) is 0 Å². The minimum atomic E-state index is 0.559. The molecule has 0 aliphatic heterocycles. The van der Waals surface area contributed by atoms with Gasteiger partial charge in [0.15, 0.2) is 0 Å². The highest BCUT2D eigenvalue weighted by atomic mass is 15.2. The first-order chi connectivity index (χ1) is 9.72. The SMILES string of the molecule is Cc1ccc2nc(N)n(-c3ccc4c(c3)CCC4)c2c1. The van der Waals surface area contributed by atoms with Crippen LogP contribution >= 0.6 is 0 Å². The molecule has 0 radical (unpaired) electrons. The van der Waals surface area contributed by atoms with Crippen LogP contribution in [0, 0.1) is 6.92 Å². The zero-order valence-electron chi connectivity index (χ0n) is 11.6. The highest BCUT2D eigenvalue weighted by Crippen LogP contribution is 2.28. The third kappa shape index (κ3) is 1.63. The molecule has 1 aromatic heterocycles. The molecule has 3 aromatic rings. The molecule has 2 aromatic carbocycles. The number of nitrogen functional groups attached to an aromatic ring is 1. The van der Waals surface area contributed by atoms with Gasteiger partial charge in [0.2, 0.25) is 5.95 Å². The van der Waals surface area contributed by atoms with Crippen molar-refractivity contribution in [3.05, 3.63) is 53.1 Å². The largest absolute Gasteiger partial charge is 0.369 e. The molecule has 4 rings (SSSR count). The van der Waals surface area contributed by atoms with Crippen LogP contribution in [0.4, 0.5) is 5.95 Å². The Labute approximate surface area is 118 Å². The Morgan fingerprint density at radius 1 is 1.05 bits per heavy atom. The number of hydrogen-bond acceptors (Lipinski definition) is 2. The second kappa shape index (κ2) is 4.10. The molecule has 100 valence electrons. The molecule has 0 saturated heterocycles. The van der Waals surface area contributed by atoms with Gasteiger partial charge in [0, 0.05) is 5.69 Å². The van der Waals surface area contributed by atoms with Crippen LogP contribution in [-0.4, -0.2) is 9.55 Å². The predicted molar refractivity (Wildman–Crippen MR) is 82.2 cm³/mol. The van der Waals surface area contributed by atoms with Gasteiger partial charge in [0.25, 0.3) is 0 Å². The fourth-order valence-corrected chi connectivity index (χ4v) is 3.17. The van der Waals surface area contributed by atoms with E-state index in [0.717, 1.165) is 16.7 Å². The van der Waals surface area contributed by atoms with E-state index in [4.69, 9.17) is 5.73 Å². The molecule has 0 saturated carbocycles. The molecule has 1 aliphatic rings. The maximum Gasteiger partial charge on any atom is 0.205 e. The predicted octanol–water partition coefficient (Wildman–Crippen LogP) is 3.40. The lowest BCUT2D eigenvalue weighted by molar-refractivity contribution is 0.911. The topological polar surface area (TPSA) is 43.8 Å². The fourth-order valence-electron chi connectivity index (χ4n) is 3.17. The van der Waals surface area contributed by atoms with Crippen LogP contribution in [0.3, 0.4) is 0 Å². The first-order valence-corrected chi connectivity index (χ1v) is 7.09. The van der Waals surface area contributed by atoms with Gasteiger partial charge in [0.1, 0.15) is 0 Å². The molecule has 0 amide bonds. The van der Waals surface area contributed by atoms with E-state index in [0.29, 0.717) is 5.95 Å². The van der Waals surface area contributed by atoms with Gasteiger partial charge in [-0.3, -0.25) is 4.57 Å². The summed E-state index contributed by atoms with van der Waals surface area (Å²) >= 11 is 0. The smallest absolute Gasteiger partial charge is 0.205 e. The molecule has 1 heterocycles. The van der Waals surface area contributed by atoms with Crippen LogP contribution in [0.25, 0.3) is 16.7 Å². The second-order valence-electron chi connectivity index (χ2n) is 5.60. The van der Waals surface area contributed by atoms with E-state index in [2.05, 4.69) is 46.8 Å². The van der Waals surface area contributed by atoms with E-state index >= 15 is 0 Å². The number of nitrogens with two attached hydrogens (primary N) is 1. The summed E-state index contributed by atoms with van der Waals surface area (Å²) < 4.78 is 2.06. The maximum absolute atomic E-state index is 6.13. The van der Waals surface area contributed by atoms with Crippen molar-refractivity contribution in [1.82, 2.24) is 9.55 Å². The zero-order valence-corrected chi connectivity index (χ0v) is 11.6. The number of nitrogens with zero attached hydrogens (tertiary/aromatic N) is 2. The van der Waals surface area contributed by atoms with Crippen molar-refractivity contribution in [2.75, 3.05) is 5.73 Å². The summed E-state index contributed by atoms with van der Waals surface area (Å²) in [6, 6.07) is 12.9. The minimum absolute atomic E-state index is 0.559. The minimum Gasteiger partial charge on any atom is -0.369 e. The Kier molecular flexibility index (Phi) is 2.36. The van der Waals surface area contributed by atoms with Gasteiger partial charge in [-0.25, -0.2) is 4.98 Å². The quantitative estimate of drug-likeness (QED) is 0.731. The van der Waals surface area contributed by atoms with Crippen LogP contribution < -0.4 is 5.73 Å². The monoisotopic (exact) mass is 263 g/mol. The molecule has 1 aliphatic carbocycles. The van der Waals surface area contributed by atoms with Gasteiger partial charge in [-0.15, -0.1) is 0 Å². The van der Waals surface area contributed by atoms with E-state index in [1.54, 1.807) is 0 Å². The number of imidazole rings is 1. The van der Waals surface area contributed by atoms with Gasteiger partial charge < -0.3 is 5.73 Å². The number of anilines is 1. The molecule has 0 unspecified atom stereocenters. The van der Waals surface area contributed by atoms with Crippen molar-refractivity contribution in [1.29, 1.82) is 0 Å². The third-order valence-electron chi connectivity index (χ3n) is 4.18. The van der Waals surface area contributed by atoms with Gasteiger partial charge >= 0.3 is 0 Å². The van der Waals surface area contributed by atoms with Crippen LogP contribution in [0.1, 0.15) is 23.1 Å². The van der Waals surface area contributed by atoms with Crippen LogP contribution in [0.2, 0.25) is 0 Å². The van der Waals surface area contributed by atoms with E-state index in [-0.39, 0.29) is 0 Å². The van der Waals surface area contributed by atoms with E-state index in [9.17, 15) is 0 Å². The first kappa shape index (κ1) is 11.5. The number of rotatable bonds is 1. The summed E-state index contributed by atoms with van der Waals surface area (Å²) in [4.78, 5) is 4.46. The van der Waals surface area contributed by atoms with Crippen LogP contribution in [0.15, 0.2) is 36.4 Å². The summed E-state index contributed by atoms with van der Waals surface area (Å²) in [6.45, 7) is 2.09. The molecule has 0 fully saturated rings. The zero-order chi connectivity index (χ0) is 13.7. The van der Waals surface area contributed by atoms with E-state index < -0.39 is 0 Å². The van der Waals surface area contributed by atoms with Crippen molar-refractivity contribution < 1.29 is 0 Å². The first-order valence-electron chi connectivity index (χ1n) is 7.09. The molecule has 20 heavy (non-hydrogen) atoms.